The Balaban J connectivity index is 2.34. The van der Waals surface area contributed by atoms with Crippen LogP contribution >= 0.6 is 15.9 Å². The van der Waals surface area contributed by atoms with E-state index in [-0.39, 0.29) is 5.69 Å². The molecule has 2 aromatic carbocycles. The fourth-order valence-electron chi connectivity index (χ4n) is 1.68. The molecule has 0 aromatic heterocycles. The van der Waals surface area contributed by atoms with E-state index < -0.39 is 4.92 Å². The van der Waals surface area contributed by atoms with Gasteiger partial charge in [0.15, 0.2) is 0 Å². The summed E-state index contributed by atoms with van der Waals surface area (Å²) < 4.78 is 6.49. The molecule has 0 saturated carbocycles. The first kappa shape index (κ1) is 14.5. The normalized spacial score (nSPS) is 10.3. The Labute approximate surface area is 124 Å². The van der Waals surface area contributed by atoms with Crippen molar-refractivity contribution < 1.29 is 9.66 Å². The molecular formula is C14H13BrN2O3. The second-order valence-corrected chi connectivity index (χ2v) is 5.13. The van der Waals surface area contributed by atoms with Crippen LogP contribution in [-0.2, 0) is 6.54 Å². The summed E-state index contributed by atoms with van der Waals surface area (Å²) in [6, 6.07) is 10.0. The molecule has 0 radical (unpaired) electrons. The lowest BCUT2D eigenvalue weighted by atomic mass is 10.2. The van der Waals surface area contributed by atoms with Crippen LogP contribution in [0.4, 0.5) is 5.69 Å². The van der Waals surface area contributed by atoms with Crippen LogP contribution in [-0.4, -0.2) is 4.92 Å². The Bertz CT molecular complexity index is 659. The minimum atomic E-state index is -0.446. The van der Waals surface area contributed by atoms with E-state index in [0.29, 0.717) is 18.0 Å². The largest absolute Gasteiger partial charge is 0.456 e. The second kappa shape index (κ2) is 6.02. The molecule has 20 heavy (non-hydrogen) atoms. The van der Waals surface area contributed by atoms with Crippen LogP contribution < -0.4 is 10.5 Å². The third-order valence-electron chi connectivity index (χ3n) is 2.83. The van der Waals surface area contributed by atoms with Gasteiger partial charge in [-0.3, -0.25) is 10.1 Å². The fourth-order valence-corrected chi connectivity index (χ4v) is 2.19. The topological polar surface area (TPSA) is 78.4 Å². The molecule has 104 valence electrons. The van der Waals surface area contributed by atoms with E-state index in [2.05, 4.69) is 15.9 Å². The van der Waals surface area contributed by atoms with Gasteiger partial charge in [0.05, 0.1) is 15.5 Å². The molecule has 0 fully saturated rings. The first-order chi connectivity index (χ1) is 9.51. The quantitative estimate of drug-likeness (QED) is 0.677. The van der Waals surface area contributed by atoms with Crippen molar-refractivity contribution in [2.45, 2.75) is 13.5 Å². The molecule has 2 N–H and O–H groups in total. The van der Waals surface area contributed by atoms with Crippen LogP contribution in [0.5, 0.6) is 11.5 Å². The standard InChI is InChI=1S/C14H13BrN2O3/c1-9-2-4-11(17(18)19)7-14(9)20-13-5-3-10(8-16)6-12(13)15/h2-7H,8,16H2,1H3. The number of nitrogens with two attached hydrogens (primary N) is 1. The number of ether oxygens (including phenoxy) is 1. The maximum absolute atomic E-state index is 10.8. The number of halogens is 1. The average molecular weight is 337 g/mol. The molecule has 5 nitrogen and oxygen atoms in total. The number of hydrogen-bond donors (Lipinski definition) is 1. The van der Waals surface area contributed by atoms with Crippen molar-refractivity contribution in [3.05, 3.63) is 62.1 Å². The molecule has 0 heterocycles. The zero-order valence-corrected chi connectivity index (χ0v) is 12.4. The summed E-state index contributed by atoms with van der Waals surface area (Å²) in [5.74, 6) is 1.05. The van der Waals surface area contributed by atoms with Crippen molar-refractivity contribution in [3.63, 3.8) is 0 Å². The summed E-state index contributed by atoms with van der Waals surface area (Å²) in [5.41, 5.74) is 7.36. The van der Waals surface area contributed by atoms with Gasteiger partial charge in [0, 0.05) is 12.6 Å². The summed E-state index contributed by atoms with van der Waals surface area (Å²) in [6.45, 7) is 2.27. The monoisotopic (exact) mass is 336 g/mol. The average Bonchev–Trinajstić information content (AvgIpc) is 2.42. The minimum Gasteiger partial charge on any atom is -0.456 e. The molecule has 0 atom stereocenters. The Hall–Kier alpha value is -1.92. The van der Waals surface area contributed by atoms with Crippen molar-refractivity contribution in [3.8, 4) is 11.5 Å². The SMILES string of the molecule is Cc1ccc([N+](=O)[O-])cc1Oc1ccc(CN)cc1Br. The summed E-state index contributed by atoms with van der Waals surface area (Å²) in [4.78, 5) is 10.3. The maximum atomic E-state index is 10.8. The van der Waals surface area contributed by atoms with Gasteiger partial charge in [-0.05, 0) is 52.2 Å². The molecular weight excluding hydrogens is 324 g/mol. The number of benzene rings is 2. The highest BCUT2D eigenvalue weighted by Crippen LogP contribution is 2.33. The zero-order chi connectivity index (χ0) is 14.7. The molecule has 0 spiro atoms. The third kappa shape index (κ3) is 3.15. The van der Waals surface area contributed by atoms with Crippen molar-refractivity contribution in [2.24, 2.45) is 5.73 Å². The van der Waals surface area contributed by atoms with E-state index in [1.807, 2.05) is 19.1 Å². The maximum Gasteiger partial charge on any atom is 0.273 e. The molecule has 6 heteroatoms. The molecule has 0 bridgehead atoms. The van der Waals surface area contributed by atoms with Crippen molar-refractivity contribution in [1.29, 1.82) is 0 Å². The molecule has 0 unspecified atom stereocenters. The number of hydrogen-bond acceptors (Lipinski definition) is 4. The van der Waals surface area contributed by atoms with Gasteiger partial charge in [0.25, 0.3) is 5.69 Å². The summed E-state index contributed by atoms with van der Waals surface area (Å²) in [5, 5.41) is 10.8. The summed E-state index contributed by atoms with van der Waals surface area (Å²) >= 11 is 3.40. The van der Waals surface area contributed by atoms with Crippen LogP contribution in [0.25, 0.3) is 0 Å². The van der Waals surface area contributed by atoms with Gasteiger partial charge in [-0.15, -0.1) is 0 Å². The minimum absolute atomic E-state index is 0.000279. The third-order valence-corrected chi connectivity index (χ3v) is 3.45. The highest BCUT2D eigenvalue weighted by Gasteiger charge is 2.11. The highest BCUT2D eigenvalue weighted by molar-refractivity contribution is 9.10. The van der Waals surface area contributed by atoms with Gasteiger partial charge >= 0.3 is 0 Å². The van der Waals surface area contributed by atoms with Gasteiger partial charge in [-0.25, -0.2) is 0 Å². The molecule has 0 aliphatic heterocycles. The Kier molecular flexibility index (Phi) is 4.36. The van der Waals surface area contributed by atoms with Gasteiger partial charge in [-0.2, -0.15) is 0 Å². The van der Waals surface area contributed by atoms with Crippen molar-refractivity contribution in [1.82, 2.24) is 0 Å². The van der Waals surface area contributed by atoms with E-state index in [1.165, 1.54) is 12.1 Å². The van der Waals surface area contributed by atoms with Gasteiger partial charge in [-0.1, -0.05) is 6.07 Å². The van der Waals surface area contributed by atoms with E-state index >= 15 is 0 Å². The first-order valence-corrected chi connectivity index (χ1v) is 6.72. The molecule has 0 aliphatic rings. The molecule has 0 aliphatic carbocycles. The van der Waals surface area contributed by atoms with Crippen molar-refractivity contribution >= 4 is 21.6 Å². The summed E-state index contributed by atoms with van der Waals surface area (Å²) in [7, 11) is 0. The predicted molar refractivity (Wildman–Crippen MR) is 79.9 cm³/mol. The van der Waals surface area contributed by atoms with Crippen LogP contribution in [0, 0.1) is 17.0 Å². The molecule has 0 saturated heterocycles. The first-order valence-electron chi connectivity index (χ1n) is 5.92. The van der Waals surface area contributed by atoms with Crippen LogP contribution in [0.3, 0.4) is 0 Å². The lowest BCUT2D eigenvalue weighted by Gasteiger charge is -2.11. The van der Waals surface area contributed by atoms with Crippen LogP contribution in [0.15, 0.2) is 40.9 Å². The van der Waals surface area contributed by atoms with E-state index in [0.717, 1.165) is 15.6 Å². The van der Waals surface area contributed by atoms with Gasteiger partial charge < -0.3 is 10.5 Å². The van der Waals surface area contributed by atoms with Crippen LogP contribution in [0.1, 0.15) is 11.1 Å². The number of nitro benzene ring substituents is 1. The fraction of sp³-hybridized carbons (Fsp3) is 0.143. The lowest BCUT2D eigenvalue weighted by molar-refractivity contribution is -0.384. The summed E-state index contributed by atoms with van der Waals surface area (Å²) in [6.07, 6.45) is 0. The van der Waals surface area contributed by atoms with E-state index in [1.54, 1.807) is 12.1 Å². The van der Waals surface area contributed by atoms with E-state index in [4.69, 9.17) is 10.5 Å². The van der Waals surface area contributed by atoms with Crippen LogP contribution in [0.2, 0.25) is 0 Å². The predicted octanol–water partition coefficient (Wildman–Crippen LogP) is 3.92. The molecule has 2 aromatic rings. The number of aryl methyl sites for hydroxylation is 1. The van der Waals surface area contributed by atoms with E-state index in [9.17, 15) is 10.1 Å². The van der Waals surface area contributed by atoms with Crippen molar-refractivity contribution in [2.75, 3.05) is 0 Å². The highest BCUT2D eigenvalue weighted by atomic mass is 79.9. The zero-order valence-electron chi connectivity index (χ0n) is 10.8. The van der Waals surface area contributed by atoms with Gasteiger partial charge in [0.2, 0.25) is 0 Å². The Morgan fingerprint density at radius 3 is 2.60 bits per heavy atom. The number of rotatable bonds is 4. The number of nitro groups is 1. The number of nitrogens with zero attached hydrogens (tertiary/aromatic N) is 1. The Morgan fingerprint density at radius 2 is 2.00 bits per heavy atom. The second-order valence-electron chi connectivity index (χ2n) is 4.28. The Morgan fingerprint density at radius 1 is 1.25 bits per heavy atom. The lowest BCUT2D eigenvalue weighted by Crippen LogP contribution is -1.97. The smallest absolute Gasteiger partial charge is 0.273 e. The van der Waals surface area contributed by atoms with Gasteiger partial charge in [0.1, 0.15) is 11.5 Å². The number of non-ortho nitro benzene ring substituents is 1. The molecule has 2 rings (SSSR count). The molecule has 0 amide bonds.